The van der Waals surface area contributed by atoms with E-state index in [1.54, 1.807) is 19.1 Å². The molecule has 1 nitrogen and oxygen atoms in total. The minimum atomic E-state index is -0.339. The molecule has 0 heterocycles. The van der Waals surface area contributed by atoms with Gasteiger partial charge in [0.2, 0.25) is 0 Å². The number of anilines is 1. The van der Waals surface area contributed by atoms with Crippen molar-refractivity contribution >= 4 is 21.6 Å². The van der Waals surface area contributed by atoms with E-state index in [1.165, 1.54) is 0 Å². The van der Waals surface area contributed by atoms with Crippen LogP contribution in [-0.2, 0) is 0 Å². The van der Waals surface area contributed by atoms with Crippen molar-refractivity contribution < 1.29 is 4.39 Å². The Labute approximate surface area is 67.2 Å². The SMILES string of the molecule is Cc1ccc(Br)c(N)c1F. The van der Waals surface area contributed by atoms with Crippen molar-refractivity contribution in [1.29, 1.82) is 0 Å². The van der Waals surface area contributed by atoms with Crippen LogP contribution in [0.4, 0.5) is 10.1 Å². The highest BCUT2D eigenvalue weighted by molar-refractivity contribution is 9.10. The molecule has 1 aromatic rings. The molecule has 0 aliphatic rings. The van der Waals surface area contributed by atoms with Gasteiger partial charge in [-0.25, -0.2) is 4.39 Å². The van der Waals surface area contributed by atoms with Gasteiger partial charge in [0, 0.05) is 4.47 Å². The maximum absolute atomic E-state index is 12.8. The minimum Gasteiger partial charge on any atom is -0.395 e. The molecular weight excluding hydrogens is 197 g/mol. The summed E-state index contributed by atoms with van der Waals surface area (Å²) in [4.78, 5) is 0. The molecule has 3 heteroatoms. The van der Waals surface area contributed by atoms with E-state index in [4.69, 9.17) is 5.73 Å². The highest BCUT2D eigenvalue weighted by atomic mass is 79.9. The summed E-state index contributed by atoms with van der Waals surface area (Å²) in [6, 6.07) is 3.41. The van der Waals surface area contributed by atoms with Gasteiger partial charge in [-0.3, -0.25) is 0 Å². The third kappa shape index (κ3) is 1.14. The van der Waals surface area contributed by atoms with Gasteiger partial charge < -0.3 is 5.73 Å². The molecule has 0 aliphatic heterocycles. The van der Waals surface area contributed by atoms with Gasteiger partial charge in [-0.1, -0.05) is 6.07 Å². The van der Waals surface area contributed by atoms with Gasteiger partial charge in [0.15, 0.2) is 0 Å². The van der Waals surface area contributed by atoms with Crippen LogP contribution in [0.3, 0.4) is 0 Å². The van der Waals surface area contributed by atoms with Crippen LogP contribution in [0, 0.1) is 12.7 Å². The van der Waals surface area contributed by atoms with Gasteiger partial charge in [-0.2, -0.15) is 0 Å². The Hall–Kier alpha value is -0.570. The molecule has 1 aromatic carbocycles. The molecule has 0 aromatic heterocycles. The number of hydrogen-bond donors (Lipinski definition) is 1. The molecule has 0 radical (unpaired) electrons. The van der Waals surface area contributed by atoms with E-state index < -0.39 is 0 Å². The second-order valence-electron chi connectivity index (χ2n) is 2.09. The van der Waals surface area contributed by atoms with E-state index in [0.717, 1.165) is 0 Å². The molecule has 0 bridgehead atoms. The van der Waals surface area contributed by atoms with Crippen molar-refractivity contribution in [2.24, 2.45) is 0 Å². The van der Waals surface area contributed by atoms with Crippen molar-refractivity contribution in [1.82, 2.24) is 0 Å². The quantitative estimate of drug-likeness (QED) is 0.645. The van der Waals surface area contributed by atoms with E-state index in [2.05, 4.69) is 15.9 Å². The Kier molecular flexibility index (Phi) is 1.94. The normalized spacial score (nSPS) is 9.90. The number of nitrogen functional groups attached to an aromatic ring is 1. The molecule has 0 saturated carbocycles. The lowest BCUT2D eigenvalue weighted by atomic mass is 10.2. The Balaban J connectivity index is 3.34. The second-order valence-corrected chi connectivity index (χ2v) is 2.95. The van der Waals surface area contributed by atoms with Crippen LogP contribution in [0.1, 0.15) is 5.56 Å². The fourth-order valence-electron chi connectivity index (χ4n) is 0.678. The summed E-state index contributed by atoms with van der Waals surface area (Å²) >= 11 is 3.12. The zero-order valence-corrected chi connectivity index (χ0v) is 7.07. The van der Waals surface area contributed by atoms with Crippen molar-refractivity contribution in [3.05, 3.63) is 28.0 Å². The summed E-state index contributed by atoms with van der Waals surface area (Å²) in [5.41, 5.74) is 6.11. The standard InChI is InChI=1S/C7H7BrFN/c1-4-2-3-5(8)7(10)6(4)9/h2-3H,10H2,1H3. The second kappa shape index (κ2) is 2.58. The molecular formula is C7H7BrFN. The number of hydrogen-bond acceptors (Lipinski definition) is 1. The number of nitrogens with two attached hydrogens (primary N) is 1. The number of benzene rings is 1. The van der Waals surface area contributed by atoms with Crippen molar-refractivity contribution in [3.63, 3.8) is 0 Å². The first-order valence-electron chi connectivity index (χ1n) is 2.83. The van der Waals surface area contributed by atoms with E-state index in [1.807, 2.05) is 0 Å². The molecule has 54 valence electrons. The molecule has 0 atom stereocenters. The van der Waals surface area contributed by atoms with Gasteiger partial charge >= 0.3 is 0 Å². The molecule has 0 aliphatic carbocycles. The summed E-state index contributed by atoms with van der Waals surface area (Å²) in [5, 5.41) is 0. The largest absolute Gasteiger partial charge is 0.395 e. The van der Waals surface area contributed by atoms with Crippen LogP contribution < -0.4 is 5.73 Å². The van der Waals surface area contributed by atoms with Gasteiger partial charge in [-0.15, -0.1) is 0 Å². The van der Waals surface area contributed by atoms with Gasteiger partial charge in [-0.05, 0) is 34.5 Å². The topological polar surface area (TPSA) is 26.0 Å². The summed E-state index contributed by atoms with van der Waals surface area (Å²) in [6.07, 6.45) is 0. The molecule has 0 fully saturated rings. The smallest absolute Gasteiger partial charge is 0.150 e. The van der Waals surface area contributed by atoms with Gasteiger partial charge in [0.1, 0.15) is 5.82 Å². The van der Waals surface area contributed by atoms with Crippen LogP contribution >= 0.6 is 15.9 Å². The van der Waals surface area contributed by atoms with Gasteiger partial charge in [0.25, 0.3) is 0 Å². The van der Waals surface area contributed by atoms with E-state index in [-0.39, 0.29) is 11.5 Å². The van der Waals surface area contributed by atoms with Crippen molar-refractivity contribution in [2.45, 2.75) is 6.92 Å². The number of rotatable bonds is 0. The lowest BCUT2D eigenvalue weighted by Crippen LogP contribution is -1.93. The molecule has 0 spiro atoms. The molecule has 0 saturated heterocycles. The summed E-state index contributed by atoms with van der Waals surface area (Å²) < 4.78 is 13.4. The first-order valence-corrected chi connectivity index (χ1v) is 3.62. The zero-order valence-electron chi connectivity index (χ0n) is 5.49. The van der Waals surface area contributed by atoms with Gasteiger partial charge in [0.05, 0.1) is 5.69 Å². The zero-order chi connectivity index (χ0) is 7.72. The predicted octanol–water partition coefficient (Wildman–Crippen LogP) is 2.48. The number of aryl methyl sites for hydroxylation is 1. The molecule has 2 N–H and O–H groups in total. The van der Waals surface area contributed by atoms with Crippen LogP contribution in [0.15, 0.2) is 16.6 Å². The third-order valence-electron chi connectivity index (χ3n) is 1.32. The lowest BCUT2D eigenvalue weighted by molar-refractivity contribution is 0.622. The maximum Gasteiger partial charge on any atom is 0.150 e. The average molecular weight is 204 g/mol. The molecule has 0 amide bonds. The molecule has 1 rings (SSSR count). The predicted molar refractivity (Wildman–Crippen MR) is 43.2 cm³/mol. The van der Waals surface area contributed by atoms with Crippen LogP contribution in [-0.4, -0.2) is 0 Å². The van der Waals surface area contributed by atoms with Crippen molar-refractivity contribution in [2.75, 3.05) is 5.73 Å². The first kappa shape index (κ1) is 7.54. The Morgan fingerprint density at radius 3 is 2.60 bits per heavy atom. The molecule has 0 unspecified atom stereocenters. The van der Waals surface area contributed by atoms with E-state index >= 15 is 0 Å². The van der Waals surface area contributed by atoms with Crippen LogP contribution in [0.25, 0.3) is 0 Å². The Morgan fingerprint density at radius 2 is 2.10 bits per heavy atom. The maximum atomic E-state index is 12.8. The molecule has 10 heavy (non-hydrogen) atoms. The minimum absolute atomic E-state index is 0.181. The summed E-state index contributed by atoms with van der Waals surface area (Å²) in [6.45, 7) is 1.68. The van der Waals surface area contributed by atoms with E-state index in [0.29, 0.717) is 10.0 Å². The van der Waals surface area contributed by atoms with Crippen LogP contribution in [0.2, 0.25) is 0 Å². The average Bonchev–Trinajstić information content (AvgIpc) is 1.93. The highest BCUT2D eigenvalue weighted by Gasteiger charge is 2.03. The summed E-state index contributed by atoms with van der Waals surface area (Å²) in [5.74, 6) is -0.339. The monoisotopic (exact) mass is 203 g/mol. The van der Waals surface area contributed by atoms with Crippen LogP contribution in [0.5, 0.6) is 0 Å². The fraction of sp³-hybridized carbons (Fsp3) is 0.143. The number of halogens is 2. The highest BCUT2D eigenvalue weighted by Crippen LogP contribution is 2.23. The Morgan fingerprint density at radius 1 is 1.50 bits per heavy atom. The Bertz CT molecular complexity index is 233. The van der Waals surface area contributed by atoms with E-state index in [9.17, 15) is 4.39 Å². The lowest BCUT2D eigenvalue weighted by Gasteiger charge is -2.01. The summed E-state index contributed by atoms with van der Waals surface area (Å²) in [7, 11) is 0. The first-order chi connectivity index (χ1) is 4.63. The fourth-order valence-corrected chi connectivity index (χ4v) is 0.985. The van der Waals surface area contributed by atoms with Crippen molar-refractivity contribution in [3.8, 4) is 0 Å². The third-order valence-corrected chi connectivity index (χ3v) is 2.01.